The van der Waals surface area contributed by atoms with Gasteiger partial charge in [-0.05, 0) is 44.9 Å². The van der Waals surface area contributed by atoms with Crippen LogP contribution in [-0.2, 0) is 4.74 Å². The average molecular weight is 360 g/mol. The summed E-state index contributed by atoms with van der Waals surface area (Å²) in [6.07, 6.45) is 10.5. The minimum atomic E-state index is -0.245. The summed E-state index contributed by atoms with van der Waals surface area (Å²) in [5, 5.41) is 0. The van der Waals surface area contributed by atoms with Gasteiger partial charge in [-0.15, -0.1) is 0 Å². The van der Waals surface area contributed by atoms with Crippen molar-refractivity contribution in [2.45, 2.75) is 51.0 Å². The Morgan fingerprint density at radius 2 is 1.88 bits per heavy atom. The number of likely N-dealkylation sites (tertiary alicyclic amines) is 1. The Labute approximate surface area is 154 Å². The summed E-state index contributed by atoms with van der Waals surface area (Å²) in [4.78, 5) is 37.3. The molecule has 7 nitrogen and oxygen atoms in total. The van der Waals surface area contributed by atoms with Crippen molar-refractivity contribution in [2.75, 3.05) is 33.3 Å². The molecule has 0 aliphatic carbocycles. The lowest BCUT2D eigenvalue weighted by Gasteiger charge is -2.27. The Hall–Kier alpha value is -2.02. The molecule has 0 saturated carbocycles. The number of hydrogen-bond acceptors (Lipinski definition) is 5. The van der Waals surface area contributed by atoms with Gasteiger partial charge in [0.2, 0.25) is 0 Å². The monoisotopic (exact) mass is 360 g/mol. The van der Waals surface area contributed by atoms with Gasteiger partial charge in [0.05, 0.1) is 6.10 Å². The molecule has 0 spiro atoms. The van der Waals surface area contributed by atoms with Gasteiger partial charge < -0.3 is 14.5 Å². The second-order valence-electron chi connectivity index (χ2n) is 7.11. The number of rotatable bonds is 6. The number of piperidine rings is 1. The van der Waals surface area contributed by atoms with Crippen molar-refractivity contribution in [3.63, 3.8) is 0 Å². The summed E-state index contributed by atoms with van der Waals surface area (Å²) >= 11 is 0. The van der Waals surface area contributed by atoms with Crippen LogP contribution in [0, 0.1) is 0 Å². The summed E-state index contributed by atoms with van der Waals surface area (Å²) in [5.74, 6) is -0.431. The highest BCUT2D eigenvalue weighted by Gasteiger charge is 2.27. The molecule has 2 fully saturated rings. The lowest BCUT2D eigenvalue weighted by Crippen LogP contribution is -2.38. The van der Waals surface area contributed by atoms with E-state index in [1.807, 2.05) is 0 Å². The van der Waals surface area contributed by atoms with E-state index >= 15 is 0 Å². The first kappa shape index (κ1) is 18.8. The molecule has 2 aliphatic heterocycles. The quantitative estimate of drug-likeness (QED) is 0.777. The minimum absolute atomic E-state index is 0.155. The number of aromatic nitrogens is 2. The zero-order valence-electron chi connectivity index (χ0n) is 15.5. The molecule has 142 valence electrons. The largest absolute Gasteiger partial charge is 0.378 e. The maximum absolute atomic E-state index is 12.8. The summed E-state index contributed by atoms with van der Waals surface area (Å²) in [7, 11) is 1.75. The van der Waals surface area contributed by atoms with Crippen LogP contribution in [0.5, 0.6) is 0 Å². The van der Waals surface area contributed by atoms with Crippen molar-refractivity contribution >= 4 is 11.8 Å². The molecular weight excluding hydrogens is 332 g/mol. The summed E-state index contributed by atoms with van der Waals surface area (Å²) in [6, 6.07) is 0. The predicted octanol–water partition coefficient (Wildman–Crippen LogP) is 2.13. The zero-order chi connectivity index (χ0) is 18.4. The van der Waals surface area contributed by atoms with Crippen LogP contribution in [0.4, 0.5) is 0 Å². The predicted molar refractivity (Wildman–Crippen MR) is 97.0 cm³/mol. The Morgan fingerprint density at radius 1 is 1.15 bits per heavy atom. The van der Waals surface area contributed by atoms with Crippen molar-refractivity contribution in [3.05, 3.63) is 23.8 Å². The van der Waals surface area contributed by atoms with Crippen molar-refractivity contribution in [1.82, 2.24) is 19.8 Å². The van der Waals surface area contributed by atoms with Crippen LogP contribution < -0.4 is 0 Å². The molecule has 2 amide bonds. The highest BCUT2D eigenvalue weighted by molar-refractivity contribution is 6.04. The molecule has 2 aliphatic rings. The van der Waals surface area contributed by atoms with Gasteiger partial charge >= 0.3 is 0 Å². The van der Waals surface area contributed by atoms with E-state index in [1.54, 1.807) is 16.8 Å². The fraction of sp³-hybridized carbons (Fsp3) is 0.684. The summed E-state index contributed by atoms with van der Waals surface area (Å²) in [5.41, 5.74) is 0.327. The molecule has 0 aromatic carbocycles. The van der Waals surface area contributed by atoms with E-state index in [2.05, 4.69) is 9.97 Å². The van der Waals surface area contributed by atoms with Crippen molar-refractivity contribution in [3.8, 4) is 0 Å². The highest BCUT2D eigenvalue weighted by atomic mass is 16.5. The van der Waals surface area contributed by atoms with Crippen LogP contribution in [0.25, 0.3) is 0 Å². The third-order valence-corrected chi connectivity index (χ3v) is 5.14. The molecule has 1 aromatic heterocycles. The second-order valence-corrected chi connectivity index (χ2v) is 7.11. The lowest BCUT2D eigenvalue weighted by molar-refractivity contribution is 0.0693. The van der Waals surface area contributed by atoms with Crippen LogP contribution in [-0.4, -0.2) is 71.0 Å². The summed E-state index contributed by atoms with van der Waals surface area (Å²) < 4.78 is 5.62. The van der Waals surface area contributed by atoms with E-state index in [0.717, 1.165) is 64.6 Å². The second kappa shape index (κ2) is 9.07. The third-order valence-electron chi connectivity index (χ3n) is 5.14. The van der Waals surface area contributed by atoms with E-state index in [1.165, 1.54) is 12.4 Å². The first-order valence-electron chi connectivity index (χ1n) is 9.64. The van der Waals surface area contributed by atoms with Crippen molar-refractivity contribution in [1.29, 1.82) is 0 Å². The van der Waals surface area contributed by atoms with Crippen molar-refractivity contribution in [2.24, 2.45) is 0 Å². The molecule has 0 N–H and O–H groups in total. The highest BCUT2D eigenvalue weighted by Crippen LogP contribution is 2.18. The standard InChI is InChI=1S/C19H28N4O3/c1-22(11-5-7-15-8-6-14-26-15)18(24)16-17(21-10-9-20-16)19(25)23-12-3-2-4-13-23/h9-10,15H,2-8,11-14H2,1H3/t15-/m0/s1. The first-order valence-corrected chi connectivity index (χ1v) is 9.64. The molecule has 0 unspecified atom stereocenters. The van der Waals surface area contributed by atoms with E-state index in [0.29, 0.717) is 12.6 Å². The van der Waals surface area contributed by atoms with Gasteiger partial charge in [-0.3, -0.25) is 9.59 Å². The topological polar surface area (TPSA) is 75.6 Å². The fourth-order valence-electron chi connectivity index (χ4n) is 3.61. The van der Waals surface area contributed by atoms with Gasteiger partial charge in [0, 0.05) is 45.7 Å². The normalized spacial score (nSPS) is 20.2. The molecule has 26 heavy (non-hydrogen) atoms. The first-order chi connectivity index (χ1) is 12.7. The van der Waals surface area contributed by atoms with Gasteiger partial charge in [0.25, 0.3) is 11.8 Å². The number of nitrogens with zero attached hydrogens (tertiary/aromatic N) is 4. The van der Waals surface area contributed by atoms with Crippen LogP contribution in [0.2, 0.25) is 0 Å². The number of hydrogen-bond donors (Lipinski definition) is 0. The molecule has 2 saturated heterocycles. The van der Waals surface area contributed by atoms with Gasteiger partial charge in [0.15, 0.2) is 11.4 Å². The summed E-state index contributed by atoms with van der Waals surface area (Å²) in [6.45, 7) is 2.91. The molecule has 1 atom stereocenters. The maximum atomic E-state index is 12.8. The SMILES string of the molecule is CN(CCC[C@H]1CCCO1)C(=O)c1nccnc1C(=O)N1CCCCC1. The maximum Gasteiger partial charge on any atom is 0.274 e. The van der Waals surface area contributed by atoms with Crippen LogP contribution >= 0.6 is 0 Å². The van der Waals surface area contributed by atoms with Gasteiger partial charge in [0.1, 0.15) is 0 Å². The van der Waals surface area contributed by atoms with Crippen LogP contribution in [0.1, 0.15) is 65.9 Å². The zero-order valence-corrected chi connectivity index (χ0v) is 15.5. The number of carbonyl (C=O) groups excluding carboxylic acids is 2. The van der Waals surface area contributed by atoms with E-state index < -0.39 is 0 Å². The number of amides is 2. The smallest absolute Gasteiger partial charge is 0.274 e. The molecule has 0 radical (unpaired) electrons. The lowest BCUT2D eigenvalue weighted by atomic mass is 10.1. The number of ether oxygens (including phenoxy) is 1. The Morgan fingerprint density at radius 3 is 2.58 bits per heavy atom. The molecular formula is C19H28N4O3. The van der Waals surface area contributed by atoms with Crippen LogP contribution in [0.15, 0.2) is 12.4 Å². The fourth-order valence-corrected chi connectivity index (χ4v) is 3.61. The molecule has 7 heteroatoms. The van der Waals surface area contributed by atoms with E-state index in [-0.39, 0.29) is 23.2 Å². The van der Waals surface area contributed by atoms with Gasteiger partial charge in [-0.1, -0.05) is 0 Å². The minimum Gasteiger partial charge on any atom is -0.378 e. The Balaban J connectivity index is 1.61. The third kappa shape index (κ3) is 4.58. The molecule has 3 heterocycles. The Bertz CT molecular complexity index is 625. The van der Waals surface area contributed by atoms with E-state index in [4.69, 9.17) is 4.74 Å². The molecule has 3 rings (SSSR count). The van der Waals surface area contributed by atoms with Crippen molar-refractivity contribution < 1.29 is 14.3 Å². The van der Waals surface area contributed by atoms with Gasteiger partial charge in [-0.25, -0.2) is 9.97 Å². The number of carbonyl (C=O) groups is 2. The molecule has 0 bridgehead atoms. The molecule has 1 aromatic rings. The Kier molecular flexibility index (Phi) is 6.55. The average Bonchev–Trinajstić information content (AvgIpc) is 3.21. The van der Waals surface area contributed by atoms with Crippen LogP contribution in [0.3, 0.4) is 0 Å². The van der Waals surface area contributed by atoms with Gasteiger partial charge in [-0.2, -0.15) is 0 Å². The van der Waals surface area contributed by atoms with E-state index in [9.17, 15) is 9.59 Å².